The number of piperazine rings is 1. The van der Waals surface area contributed by atoms with Crippen LogP contribution in [-0.4, -0.2) is 54.4 Å². The molecule has 2 heterocycles. The van der Waals surface area contributed by atoms with Crippen LogP contribution < -0.4 is 10.6 Å². The fraction of sp³-hybridized carbons (Fsp3) is 0.600. The minimum absolute atomic E-state index is 0.228. The summed E-state index contributed by atoms with van der Waals surface area (Å²) in [6, 6.07) is 1.97. The Morgan fingerprint density at radius 3 is 2.88 bits per heavy atom. The van der Waals surface area contributed by atoms with Gasteiger partial charge in [0.25, 0.3) is 0 Å². The fourth-order valence-electron chi connectivity index (χ4n) is 2.08. The molecule has 0 aliphatic carbocycles. The van der Waals surface area contributed by atoms with Gasteiger partial charge < -0.3 is 15.5 Å². The standard InChI is InChI=1S/C10H15Cl2N5/c1-16-2-3-17(7(5-13)6-16)8-4-9(11)14-15-10(8)12/h4,7H,2-3,5-6,13H2,1H3. The third-order valence-electron chi connectivity index (χ3n) is 2.97. The number of anilines is 1. The molecular weight excluding hydrogens is 261 g/mol. The molecule has 0 aromatic carbocycles. The Morgan fingerprint density at radius 2 is 2.18 bits per heavy atom. The summed E-state index contributed by atoms with van der Waals surface area (Å²) in [6.07, 6.45) is 0. The molecule has 94 valence electrons. The van der Waals surface area contributed by atoms with Gasteiger partial charge in [-0.2, -0.15) is 0 Å². The third-order valence-corrected chi connectivity index (χ3v) is 3.42. The molecule has 0 spiro atoms. The minimum Gasteiger partial charge on any atom is -0.362 e. The maximum atomic E-state index is 6.06. The van der Waals surface area contributed by atoms with E-state index in [4.69, 9.17) is 28.9 Å². The van der Waals surface area contributed by atoms with E-state index in [1.807, 2.05) is 0 Å². The van der Waals surface area contributed by atoms with E-state index in [0.717, 1.165) is 25.3 Å². The normalized spacial score (nSPS) is 21.9. The molecule has 2 N–H and O–H groups in total. The molecule has 5 nitrogen and oxygen atoms in total. The summed E-state index contributed by atoms with van der Waals surface area (Å²) in [5.41, 5.74) is 6.62. The second-order valence-electron chi connectivity index (χ2n) is 4.19. The second kappa shape index (κ2) is 5.35. The molecule has 0 radical (unpaired) electrons. The second-order valence-corrected chi connectivity index (χ2v) is 4.93. The summed E-state index contributed by atoms with van der Waals surface area (Å²) in [5.74, 6) is 0. The van der Waals surface area contributed by atoms with Crippen LogP contribution in [0.2, 0.25) is 10.3 Å². The zero-order valence-corrected chi connectivity index (χ0v) is 11.1. The highest BCUT2D eigenvalue weighted by molar-refractivity contribution is 6.33. The first-order valence-electron chi connectivity index (χ1n) is 5.45. The van der Waals surface area contributed by atoms with Gasteiger partial charge in [0.2, 0.25) is 0 Å². The van der Waals surface area contributed by atoms with Crippen molar-refractivity contribution in [1.29, 1.82) is 0 Å². The van der Waals surface area contributed by atoms with Crippen molar-refractivity contribution in [2.45, 2.75) is 6.04 Å². The predicted octanol–water partition coefficient (Wildman–Crippen LogP) is 0.863. The minimum atomic E-state index is 0.228. The largest absolute Gasteiger partial charge is 0.362 e. The van der Waals surface area contributed by atoms with Crippen molar-refractivity contribution >= 4 is 28.9 Å². The Bertz CT molecular complexity index is 400. The summed E-state index contributed by atoms with van der Waals surface area (Å²) in [4.78, 5) is 4.40. The van der Waals surface area contributed by atoms with Crippen LogP contribution in [0, 0.1) is 0 Å². The first-order chi connectivity index (χ1) is 8.11. The van der Waals surface area contributed by atoms with Gasteiger partial charge in [-0.3, -0.25) is 0 Å². The summed E-state index contributed by atoms with van der Waals surface area (Å²) < 4.78 is 0. The lowest BCUT2D eigenvalue weighted by Crippen LogP contribution is -2.55. The molecule has 17 heavy (non-hydrogen) atoms. The molecular formula is C10H15Cl2N5. The number of nitrogens with two attached hydrogens (primary N) is 1. The van der Waals surface area contributed by atoms with Crippen LogP contribution in [0.5, 0.6) is 0 Å². The van der Waals surface area contributed by atoms with Gasteiger partial charge in [0.1, 0.15) is 0 Å². The van der Waals surface area contributed by atoms with Gasteiger partial charge in [0, 0.05) is 32.2 Å². The van der Waals surface area contributed by atoms with E-state index < -0.39 is 0 Å². The van der Waals surface area contributed by atoms with Crippen LogP contribution in [0.3, 0.4) is 0 Å². The average molecular weight is 276 g/mol. The topological polar surface area (TPSA) is 58.3 Å². The van der Waals surface area contributed by atoms with Crippen LogP contribution in [0.25, 0.3) is 0 Å². The number of likely N-dealkylation sites (N-methyl/N-ethyl adjacent to an activating group) is 1. The number of hydrogen-bond donors (Lipinski definition) is 1. The van der Waals surface area contributed by atoms with Gasteiger partial charge >= 0.3 is 0 Å². The number of halogens is 2. The van der Waals surface area contributed by atoms with E-state index in [0.29, 0.717) is 16.9 Å². The maximum absolute atomic E-state index is 6.06. The molecule has 0 bridgehead atoms. The van der Waals surface area contributed by atoms with Crippen molar-refractivity contribution < 1.29 is 0 Å². The molecule has 1 aliphatic rings. The van der Waals surface area contributed by atoms with Crippen LogP contribution in [0.4, 0.5) is 5.69 Å². The van der Waals surface area contributed by atoms with Crippen molar-refractivity contribution in [2.75, 3.05) is 38.1 Å². The van der Waals surface area contributed by atoms with Gasteiger partial charge in [-0.05, 0) is 7.05 Å². The number of hydrogen-bond acceptors (Lipinski definition) is 5. The van der Waals surface area contributed by atoms with Gasteiger partial charge in [-0.15, -0.1) is 10.2 Å². The smallest absolute Gasteiger partial charge is 0.175 e. The SMILES string of the molecule is CN1CCN(c2cc(Cl)nnc2Cl)C(CN)C1. The van der Waals surface area contributed by atoms with E-state index >= 15 is 0 Å². The van der Waals surface area contributed by atoms with Crippen molar-refractivity contribution in [3.8, 4) is 0 Å². The Labute approximate surface area is 110 Å². The van der Waals surface area contributed by atoms with Crippen LogP contribution in [0.1, 0.15) is 0 Å². The zero-order valence-electron chi connectivity index (χ0n) is 9.61. The molecule has 1 aromatic heterocycles. The summed E-state index contributed by atoms with van der Waals surface area (Å²) in [7, 11) is 2.08. The predicted molar refractivity (Wildman–Crippen MR) is 69.7 cm³/mol. The van der Waals surface area contributed by atoms with Crippen molar-refractivity contribution in [1.82, 2.24) is 15.1 Å². The highest BCUT2D eigenvalue weighted by Crippen LogP contribution is 2.28. The van der Waals surface area contributed by atoms with E-state index in [1.165, 1.54) is 0 Å². The fourth-order valence-corrected chi connectivity index (χ4v) is 2.42. The van der Waals surface area contributed by atoms with Gasteiger partial charge in [0.05, 0.1) is 11.7 Å². The summed E-state index contributed by atoms with van der Waals surface area (Å²) in [5, 5.41) is 8.26. The number of aromatic nitrogens is 2. The number of rotatable bonds is 2. The molecule has 7 heteroatoms. The molecule has 1 atom stereocenters. The molecule has 1 aliphatic heterocycles. The van der Waals surface area contributed by atoms with Crippen molar-refractivity contribution in [3.63, 3.8) is 0 Å². The Balaban J connectivity index is 2.28. The Kier molecular flexibility index (Phi) is 4.04. The molecule has 1 unspecified atom stereocenters. The Morgan fingerprint density at radius 1 is 1.41 bits per heavy atom. The number of nitrogens with zero attached hydrogens (tertiary/aromatic N) is 4. The van der Waals surface area contributed by atoms with Crippen LogP contribution in [-0.2, 0) is 0 Å². The lowest BCUT2D eigenvalue weighted by molar-refractivity contribution is 0.269. The van der Waals surface area contributed by atoms with Crippen molar-refractivity contribution in [2.24, 2.45) is 5.73 Å². The Hall–Kier alpha value is -0.620. The lowest BCUT2D eigenvalue weighted by atomic mass is 10.1. The molecule has 1 aromatic rings. The van der Waals surface area contributed by atoms with Crippen molar-refractivity contribution in [3.05, 3.63) is 16.4 Å². The first kappa shape index (κ1) is 12.8. The monoisotopic (exact) mass is 275 g/mol. The van der Waals surface area contributed by atoms with E-state index in [-0.39, 0.29) is 6.04 Å². The van der Waals surface area contributed by atoms with E-state index in [2.05, 4.69) is 27.0 Å². The van der Waals surface area contributed by atoms with Crippen LogP contribution in [0.15, 0.2) is 6.07 Å². The molecule has 0 saturated carbocycles. The van der Waals surface area contributed by atoms with E-state index in [9.17, 15) is 0 Å². The average Bonchev–Trinajstić information content (AvgIpc) is 2.32. The van der Waals surface area contributed by atoms with Gasteiger partial charge in [-0.1, -0.05) is 23.2 Å². The molecule has 0 amide bonds. The quantitative estimate of drug-likeness (QED) is 0.868. The van der Waals surface area contributed by atoms with E-state index in [1.54, 1.807) is 6.07 Å². The van der Waals surface area contributed by atoms with Gasteiger partial charge in [0.15, 0.2) is 10.3 Å². The molecule has 1 saturated heterocycles. The summed E-state index contributed by atoms with van der Waals surface area (Å²) >= 11 is 11.9. The summed E-state index contributed by atoms with van der Waals surface area (Å²) in [6.45, 7) is 3.31. The highest BCUT2D eigenvalue weighted by Gasteiger charge is 2.26. The maximum Gasteiger partial charge on any atom is 0.175 e. The van der Waals surface area contributed by atoms with Gasteiger partial charge in [-0.25, -0.2) is 0 Å². The first-order valence-corrected chi connectivity index (χ1v) is 6.21. The van der Waals surface area contributed by atoms with Crippen LogP contribution >= 0.6 is 23.2 Å². The zero-order chi connectivity index (χ0) is 12.4. The molecule has 2 rings (SSSR count). The lowest BCUT2D eigenvalue weighted by Gasteiger charge is -2.41. The molecule has 1 fully saturated rings. The third kappa shape index (κ3) is 2.80. The highest BCUT2D eigenvalue weighted by atomic mass is 35.5.